The number of hydrogen-bond donors (Lipinski definition) is 0. The van der Waals surface area contributed by atoms with Crippen molar-refractivity contribution in [1.29, 1.82) is 0 Å². The van der Waals surface area contributed by atoms with Crippen molar-refractivity contribution in [2.75, 3.05) is 6.61 Å². The minimum atomic E-state index is 0.428. The van der Waals surface area contributed by atoms with E-state index in [9.17, 15) is 0 Å². The van der Waals surface area contributed by atoms with Crippen LogP contribution in [0.25, 0.3) is 0 Å². The molecule has 0 aromatic heterocycles. The van der Waals surface area contributed by atoms with Crippen LogP contribution in [-0.4, -0.2) is 17.0 Å². The summed E-state index contributed by atoms with van der Waals surface area (Å²) in [5.41, 5.74) is 0. The molecular formula is C5H7BrO. The van der Waals surface area contributed by atoms with Crippen LogP contribution in [0, 0.1) is 0 Å². The molecule has 0 unspecified atom stereocenters. The molecule has 0 aromatic rings. The van der Waals surface area contributed by atoms with Gasteiger partial charge >= 0.3 is 0 Å². The Kier molecular flexibility index (Phi) is 0.653. The number of alkyl halides is 1. The molecule has 1 saturated carbocycles. The highest BCUT2D eigenvalue weighted by Crippen LogP contribution is 2.48. The highest BCUT2D eigenvalue weighted by Gasteiger charge is 2.49. The molecule has 0 amide bonds. The number of hydrogen-bond acceptors (Lipinski definition) is 1. The third-order valence-corrected chi connectivity index (χ3v) is 2.64. The second-order valence-electron chi connectivity index (χ2n) is 2.49. The standard InChI is InChI=1S/C5H7BrO/c6-5-1-4(2-5)7-3-5/h4H,1-3H2. The number of rotatable bonds is 0. The lowest BCUT2D eigenvalue weighted by Crippen LogP contribution is -2.32. The Balaban J connectivity index is 2.20. The molecule has 3 rings (SSSR count). The SMILES string of the molecule is BrC12COC(C1)C2. The maximum atomic E-state index is 5.28. The summed E-state index contributed by atoms with van der Waals surface area (Å²) in [5.74, 6) is 0. The minimum Gasteiger partial charge on any atom is -0.377 e. The van der Waals surface area contributed by atoms with Crippen LogP contribution in [0.1, 0.15) is 12.8 Å². The highest BCUT2D eigenvalue weighted by atomic mass is 79.9. The quantitative estimate of drug-likeness (QED) is 0.489. The fourth-order valence-electron chi connectivity index (χ4n) is 1.26. The first-order chi connectivity index (χ1) is 3.29. The van der Waals surface area contributed by atoms with Gasteiger partial charge in [-0.05, 0) is 12.8 Å². The minimum absolute atomic E-state index is 0.428. The Labute approximate surface area is 51.2 Å². The van der Waals surface area contributed by atoms with E-state index in [1.807, 2.05) is 0 Å². The van der Waals surface area contributed by atoms with Crippen molar-refractivity contribution in [3.05, 3.63) is 0 Å². The maximum Gasteiger partial charge on any atom is 0.0625 e. The fourth-order valence-corrected chi connectivity index (χ4v) is 2.11. The predicted octanol–water partition coefficient (Wildman–Crippen LogP) is 1.31. The van der Waals surface area contributed by atoms with Crippen LogP contribution in [-0.2, 0) is 4.74 Å². The molecule has 7 heavy (non-hydrogen) atoms. The zero-order chi connectivity index (χ0) is 4.91. The normalized spacial score (nSPS) is 57.0. The van der Waals surface area contributed by atoms with Crippen molar-refractivity contribution >= 4 is 15.9 Å². The molecule has 3 fully saturated rings. The molecule has 0 radical (unpaired) electrons. The zero-order valence-corrected chi connectivity index (χ0v) is 5.57. The summed E-state index contributed by atoms with van der Waals surface area (Å²) < 4.78 is 5.71. The van der Waals surface area contributed by atoms with Gasteiger partial charge in [0.15, 0.2) is 0 Å². The third kappa shape index (κ3) is 0.470. The smallest absolute Gasteiger partial charge is 0.0625 e. The van der Waals surface area contributed by atoms with Gasteiger partial charge in [0.2, 0.25) is 0 Å². The van der Waals surface area contributed by atoms with Gasteiger partial charge in [0.1, 0.15) is 0 Å². The van der Waals surface area contributed by atoms with E-state index in [1.165, 1.54) is 12.8 Å². The molecule has 0 aromatic carbocycles. The van der Waals surface area contributed by atoms with E-state index in [1.54, 1.807) is 0 Å². The lowest BCUT2D eigenvalue weighted by Gasteiger charge is -2.28. The van der Waals surface area contributed by atoms with Gasteiger partial charge in [-0.25, -0.2) is 0 Å². The molecule has 2 aliphatic heterocycles. The largest absolute Gasteiger partial charge is 0.377 e. The van der Waals surface area contributed by atoms with Crippen molar-refractivity contribution in [2.24, 2.45) is 0 Å². The van der Waals surface area contributed by atoms with E-state index in [-0.39, 0.29) is 0 Å². The van der Waals surface area contributed by atoms with Gasteiger partial charge in [0, 0.05) is 0 Å². The Bertz CT molecular complexity index is 90.7. The fraction of sp³-hybridized carbons (Fsp3) is 1.00. The van der Waals surface area contributed by atoms with Gasteiger partial charge in [-0.2, -0.15) is 0 Å². The number of ether oxygens (including phenoxy) is 1. The third-order valence-electron chi connectivity index (χ3n) is 1.76. The Morgan fingerprint density at radius 2 is 2.29 bits per heavy atom. The van der Waals surface area contributed by atoms with Crippen LogP contribution in [0.4, 0.5) is 0 Å². The molecule has 0 spiro atoms. The Hall–Kier alpha value is 0.440. The van der Waals surface area contributed by atoms with Crippen LogP contribution in [0.2, 0.25) is 0 Å². The highest BCUT2D eigenvalue weighted by molar-refractivity contribution is 9.10. The maximum absolute atomic E-state index is 5.28. The lowest BCUT2D eigenvalue weighted by molar-refractivity contribution is 0.127. The van der Waals surface area contributed by atoms with Crippen molar-refractivity contribution in [3.63, 3.8) is 0 Å². The van der Waals surface area contributed by atoms with Crippen LogP contribution in [0.3, 0.4) is 0 Å². The van der Waals surface area contributed by atoms with Crippen molar-refractivity contribution in [2.45, 2.75) is 23.3 Å². The van der Waals surface area contributed by atoms with Gasteiger partial charge in [0.25, 0.3) is 0 Å². The molecule has 1 aliphatic carbocycles. The summed E-state index contributed by atoms with van der Waals surface area (Å²) in [4.78, 5) is 0. The molecule has 2 saturated heterocycles. The average Bonchev–Trinajstić information content (AvgIpc) is 1.88. The molecule has 3 aliphatic rings. The first kappa shape index (κ1) is 4.33. The zero-order valence-electron chi connectivity index (χ0n) is 3.98. The topological polar surface area (TPSA) is 9.23 Å². The molecule has 40 valence electrons. The van der Waals surface area contributed by atoms with E-state index in [0.29, 0.717) is 10.4 Å². The van der Waals surface area contributed by atoms with Crippen molar-refractivity contribution in [1.82, 2.24) is 0 Å². The van der Waals surface area contributed by atoms with Crippen LogP contribution >= 0.6 is 15.9 Å². The van der Waals surface area contributed by atoms with Gasteiger partial charge in [-0.15, -0.1) is 0 Å². The van der Waals surface area contributed by atoms with Gasteiger partial charge in [-0.3, -0.25) is 0 Å². The Morgan fingerprint density at radius 1 is 1.57 bits per heavy atom. The molecular weight excluding hydrogens is 156 g/mol. The molecule has 2 heterocycles. The summed E-state index contributed by atoms with van der Waals surface area (Å²) in [6.45, 7) is 0.942. The molecule has 1 nitrogen and oxygen atoms in total. The van der Waals surface area contributed by atoms with E-state index in [2.05, 4.69) is 15.9 Å². The van der Waals surface area contributed by atoms with E-state index >= 15 is 0 Å². The first-order valence-corrected chi connectivity index (χ1v) is 3.38. The van der Waals surface area contributed by atoms with E-state index in [0.717, 1.165) is 6.61 Å². The summed E-state index contributed by atoms with van der Waals surface area (Å²) in [6, 6.07) is 0. The van der Waals surface area contributed by atoms with Crippen molar-refractivity contribution < 1.29 is 4.74 Å². The molecule has 2 bridgehead atoms. The second-order valence-corrected chi connectivity index (χ2v) is 4.17. The summed E-state index contributed by atoms with van der Waals surface area (Å²) in [5, 5.41) is 0. The van der Waals surface area contributed by atoms with Crippen LogP contribution in [0.15, 0.2) is 0 Å². The predicted molar refractivity (Wildman–Crippen MR) is 30.6 cm³/mol. The number of fused-ring (bicyclic) bond motifs is 1. The molecule has 2 heteroatoms. The monoisotopic (exact) mass is 162 g/mol. The van der Waals surface area contributed by atoms with E-state index < -0.39 is 0 Å². The Morgan fingerprint density at radius 3 is 2.43 bits per heavy atom. The molecule has 0 atom stereocenters. The van der Waals surface area contributed by atoms with Gasteiger partial charge in [0.05, 0.1) is 17.0 Å². The van der Waals surface area contributed by atoms with Gasteiger partial charge < -0.3 is 4.74 Å². The van der Waals surface area contributed by atoms with E-state index in [4.69, 9.17) is 4.74 Å². The lowest BCUT2D eigenvalue weighted by atomic mass is 9.87. The summed E-state index contributed by atoms with van der Waals surface area (Å²) >= 11 is 3.58. The molecule has 0 N–H and O–H groups in total. The first-order valence-electron chi connectivity index (χ1n) is 2.59. The summed E-state index contributed by atoms with van der Waals surface area (Å²) in [7, 11) is 0. The second kappa shape index (κ2) is 1.06. The van der Waals surface area contributed by atoms with Crippen molar-refractivity contribution in [3.8, 4) is 0 Å². The van der Waals surface area contributed by atoms with Gasteiger partial charge in [-0.1, -0.05) is 15.9 Å². The number of halogens is 1. The van der Waals surface area contributed by atoms with Crippen LogP contribution in [0.5, 0.6) is 0 Å². The summed E-state index contributed by atoms with van der Waals surface area (Å²) in [6.07, 6.45) is 3.10. The average molecular weight is 163 g/mol. The van der Waals surface area contributed by atoms with Crippen LogP contribution < -0.4 is 0 Å².